The van der Waals surface area contributed by atoms with Crippen molar-refractivity contribution in [3.63, 3.8) is 0 Å². The fourth-order valence-corrected chi connectivity index (χ4v) is 4.32. The number of methoxy groups -OCH3 is 2. The first-order valence-corrected chi connectivity index (χ1v) is 10.4. The van der Waals surface area contributed by atoms with Crippen molar-refractivity contribution >= 4 is 14.2 Å². The molecule has 1 rings (SSSR count). The van der Waals surface area contributed by atoms with Crippen LogP contribution in [-0.2, 0) is 4.57 Å². The van der Waals surface area contributed by atoms with E-state index in [9.17, 15) is 9.36 Å². The number of carbonyl (C=O) groups excluding carboxylic acids is 1. The molecule has 146 valence electrons. The Morgan fingerprint density at radius 3 is 2.12 bits per heavy atom. The first-order chi connectivity index (χ1) is 12.5. The Morgan fingerprint density at radius 1 is 1.08 bits per heavy atom. The van der Waals surface area contributed by atoms with Gasteiger partial charge in [0.15, 0.2) is 14.2 Å². The third-order valence-electron chi connectivity index (χ3n) is 4.69. The minimum absolute atomic E-state index is 0.122. The second kappa shape index (κ2) is 11.3. The van der Waals surface area contributed by atoms with Gasteiger partial charge in [0.25, 0.3) is 0 Å². The first kappa shape index (κ1) is 22.6. The van der Waals surface area contributed by atoms with Crippen LogP contribution in [0.2, 0.25) is 0 Å². The number of hydrogen-bond acceptors (Lipinski definition) is 4. The van der Waals surface area contributed by atoms with E-state index in [4.69, 9.17) is 9.47 Å². The lowest BCUT2D eigenvalue weighted by molar-refractivity contribution is 0.0911. The zero-order valence-electron chi connectivity index (χ0n) is 16.8. The van der Waals surface area contributed by atoms with E-state index in [0.717, 1.165) is 19.3 Å². The third kappa shape index (κ3) is 5.81. The Kier molecular flexibility index (Phi) is 9.87. The minimum Gasteiger partial charge on any atom is -0.496 e. The second-order valence-electron chi connectivity index (χ2n) is 7.25. The first-order valence-electron chi connectivity index (χ1n) is 9.56. The summed E-state index contributed by atoms with van der Waals surface area (Å²) >= 11 is 0. The molecule has 0 aliphatic rings. The van der Waals surface area contributed by atoms with Gasteiger partial charge in [-0.15, -0.1) is 0 Å². The van der Waals surface area contributed by atoms with Crippen molar-refractivity contribution in [3.05, 3.63) is 23.8 Å². The van der Waals surface area contributed by atoms with Crippen LogP contribution in [0.25, 0.3) is 0 Å². The smallest absolute Gasteiger partial charge is 0.187 e. The average molecular weight is 380 g/mol. The third-order valence-corrected chi connectivity index (χ3v) is 5.65. The summed E-state index contributed by atoms with van der Waals surface area (Å²) in [5, 5.41) is -0.928. The van der Waals surface area contributed by atoms with Crippen LogP contribution >= 0.6 is 8.46 Å². The molecule has 1 atom stereocenters. The molecule has 0 heterocycles. The highest BCUT2D eigenvalue weighted by Gasteiger charge is 2.42. The van der Waals surface area contributed by atoms with Crippen molar-refractivity contribution in [2.24, 2.45) is 5.92 Å². The van der Waals surface area contributed by atoms with Crippen LogP contribution in [0, 0.1) is 5.92 Å². The van der Waals surface area contributed by atoms with Gasteiger partial charge in [-0.3, -0.25) is 9.36 Å². The molecule has 0 bridgehead atoms. The Morgan fingerprint density at radius 2 is 1.65 bits per heavy atom. The Balaban J connectivity index is 3.21. The van der Waals surface area contributed by atoms with Crippen molar-refractivity contribution < 1.29 is 18.8 Å². The molecule has 26 heavy (non-hydrogen) atoms. The van der Waals surface area contributed by atoms with Gasteiger partial charge in [0.1, 0.15) is 22.2 Å². The molecule has 0 aromatic heterocycles. The van der Waals surface area contributed by atoms with Gasteiger partial charge < -0.3 is 9.47 Å². The SMILES string of the molecule is CCCCCCCC(CC(C)C)(P=O)C(=O)c1c(OC)cccc1OC. The van der Waals surface area contributed by atoms with Crippen LogP contribution in [-0.4, -0.2) is 25.2 Å². The molecule has 5 heteroatoms. The molecular formula is C21H33O4P. The highest BCUT2D eigenvalue weighted by atomic mass is 31.1. The normalized spacial score (nSPS) is 13.6. The largest absolute Gasteiger partial charge is 0.496 e. The van der Waals surface area contributed by atoms with Crippen molar-refractivity contribution in [1.82, 2.24) is 0 Å². The molecule has 0 aliphatic carbocycles. The summed E-state index contributed by atoms with van der Waals surface area (Å²) in [5.74, 6) is 1.05. The minimum atomic E-state index is -0.928. The van der Waals surface area contributed by atoms with Crippen molar-refractivity contribution in [2.75, 3.05) is 14.2 Å². The van der Waals surface area contributed by atoms with Gasteiger partial charge in [-0.2, -0.15) is 0 Å². The number of ketones is 1. The lowest BCUT2D eigenvalue weighted by Gasteiger charge is -2.28. The summed E-state index contributed by atoms with van der Waals surface area (Å²) in [6, 6.07) is 5.29. The summed E-state index contributed by atoms with van der Waals surface area (Å²) in [4.78, 5) is 13.5. The van der Waals surface area contributed by atoms with E-state index >= 15 is 0 Å². The lowest BCUT2D eigenvalue weighted by Crippen LogP contribution is -2.35. The molecule has 0 amide bonds. The average Bonchev–Trinajstić information content (AvgIpc) is 2.65. The van der Waals surface area contributed by atoms with Gasteiger partial charge in [-0.05, 0) is 30.9 Å². The monoisotopic (exact) mass is 380 g/mol. The van der Waals surface area contributed by atoms with Gasteiger partial charge >= 0.3 is 0 Å². The number of hydrogen-bond donors (Lipinski definition) is 0. The Hall–Kier alpha value is -1.41. The zero-order valence-corrected chi connectivity index (χ0v) is 17.7. The van der Waals surface area contributed by atoms with Crippen molar-refractivity contribution in [3.8, 4) is 11.5 Å². The Labute approximate surface area is 159 Å². The molecule has 0 spiro atoms. The maximum atomic E-state index is 13.5. The van der Waals surface area contributed by atoms with Gasteiger partial charge in [-0.25, -0.2) is 0 Å². The van der Waals surface area contributed by atoms with Gasteiger partial charge in [0, 0.05) is 0 Å². The predicted molar refractivity (Wildman–Crippen MR) is 107 cm³/mol. The van der Waals surface area contributed by atoms with Crippen LogP contribution in [0.15, 0.2) is 18.2 Å². The van der Waals surface area contributed by atoms with Gasteiger partial charge in [0.05, 0.1) is 14.2 Å². The van der Waals surface area contributed by atoms with Crippen LogP contribution in [0.4, 0.5) is 0 Å². The predicted octanol–water partition coefficient (Wildman–Crippen LogP) is 6.32. The van der Waals surface area contributed by atoms with E-state index in [2.05, 4.69) is 20.8 Å². The highest BCUT2D eigenvalue weighted by molar-refractivity contribution is 7.28. The van der Waals surface area contributed by atoms with Gasteiger partial charge in [0.2, 0.25) is 0 Å². The molecule has 1 aromatic rings. The zero-order chi connectivity index (χ0) is 19.6. The van der Waals surface area contributed by atoms with E-state index in [1.54, 1.807) is 18.2 Å². The van der Waals surface area contributed by atoms with Crippen molar-refractivity contribution in [1.29, 1.82) is 0 Å². The van der Waals surface area contributed by atoms with Crippen LogP contribution < -0.4 is 9.47 Å². The number of benzene rings is 1. The molecule has 0 radical (unpaired) electrons. The summed E-state index contributed by atoms with van der Waals surface area (Å²) in [6.07, 6.45) is 6.65. The molecule has 1 aromatic carbocycles. The molecule has 4 nitrogen and oxygen atoms in total. The van der Waals surface area contributed by atoms with Crippen LogP contribution in [0.3, 0.4) is 0 Å². The molecular weight excluding hydrogens is 347 g/mol. The quantitative estimate of drug-likeness (QED) is 0.228. The maximum absolute atomic E-state index is 13.5. The van der Waals surface area contributed by atoms with E-state index < -0.39 is 5.16 Å². The summed E-state index contributed by atoms with van der Waals surface area (Å²) in [7, 11) is 2.95. The molecule has 0 saturated heterocycles. The van der Waals surface area contributed by atoms with Crippen LogP contribution in [0.1, 0.15) is 76.1 Å². The van der Waals surface area contributed by atoms with E-state index in [0.29, 0.717) is 29.9 Å². The summed E-state index contributed by atoms with van der Waals surface area (Å²) in [5.41, 5.74) is 0.398. The molecule has 1 unspecified atom stereocenters. The lowest BCUT2D eigenvalue weighted by atomic mass is 9.84. The number of rotatable bonds is 13. The number of carbonyl (C=O) groups is 1. The summed E-state index contributed by atoms with van der Waals surface area (Å²) < 4.78 is 23.1. The van der Waals surface area contributed by atoms with Gasteiger partial charge in [-0.1, -0.05) is 58.9 Å². The second-order valence-corrected chi connectivity index (χ2v) is 8.29. The number of Topliss-reactive ketones (excluding diaryl/α,β-unsaturated/α-hetero) is 1. The molecule has 0 N–H and O–H groups in total. The van der Waals surface area contributed by atoms with E-state index in [1.807, 2.05) is 0 Å². The molecule has 0 fully saturated rings. The number of unbranched alkanes of at least 4 members (excludes halogenated alkanes) is 4. The number of ether oxygens (including phenoxy) is 2. The maximum Gasteiger partial charge on any atom is 0.187 e. The van der Waals surface area contributed by atoms with Crippen molar-refractivity contribution in [2.45, 2.75) is 70.9 Å². The highest BCUT2D eigenvalue weighted by Crippen LogP contribution is 2.43. The Bertz CT molecular complexity index is 563. The van der Waals surface area contributed by atoms with E-state index in [-0.39, 0.29) is 20.2 Å². The fraction of sp³-hybridized carbons (Fsp3) is 0.667. The topological polar surface area (TPSA) is 52.6 Å². The molecule has 0 aliphatic heterocycles. The van der Waals surface area contributed by atoms with E-state index in [1.165, 1.54) is 27.1 Å². The van der Waals surface area contributed by atoms with Crippen LogP contribution in [0.5, 0.6) is 11.5 Å². The molecule has 0 saturated carbocycles. The standard InChI is InChI=1S/C21H33O4P/c1-6-7-8-9-10-14-21(26-23,15-16(2)3)20(22)19-17(24-4)12-11-13-18(19)25-5/h11-13,16H,6-10,14-15H2,1-5H3. The fourth-order valence-electron chi connectivity index (χ4n) is 3.44. The summed E-state index contributed by atoms with van der Waals surface area (Å²) in [6.45, 7) is 6.30.